The quantitative estimate of drug-likeness (QED) is 0.609. The summed E-state index contributed by atoms with van der Waals surface area (Å²) in [6, 6.07) is 0. The Bertz CT molecular complexity index is 402. The minimum absolute atomic E-state index is 0.0843. The molecule has 0 radical (unpaired) electrons. The molecule has 1 heterocycles. The normalized spacial score (nSPS) is 25.1. The Labute approximate surface area is 117 Å². The van der Waals surface area contributed by atoms with Crippen LogP contribution in [-0.2, 0) is 4.57 Å². The number of piperidine rings is 1. The van der Waals surface area contributed by atoms with Gasteiger partial charge in [-0.2, -0.15) is 26.3 Å². The molecule has 11 heteroatoms. The summed E-state index contributed by atoms with van der Waals surface area (Å²) in [5.74, 6) is -0.488. The van der Waals surface area contributed by atoms with Gasteiger partial charge < -0.3 is 9.79 Å². The first-order valence-corrected chi connectivity index (χ1v) is 7.68. The summed E-state index contributed by atoms with van der Waals surface area (Å²) in [7, 11) is -5.23. The van der Waals surface area contributed by atoms with Crippen molar-refractivity contribution in [2.45, 2.75) is 50.5 Å². The van der Waals surface area contributed by atoms with E-state index in [0.717, 1.165) is 0 Å². The number of hydrogen-bond acceptors (Lipinski definition) is 1. The average molecular weight is 343 g/mol. The van der Waals surface area contributed by atoms with Gasteiger partial charge in [-0.15, -0.1) is 0 Å². The van der Waals surface area contributed by atoms with E-state index < -0.39 is 57.4 Å². The Morgan fingerprint density at radius 3 is 1.90 bits per heavy atom. The van der Waals surface area contributed by atoms with Gasteiger partial charge in [-0.25, -0.2) is 9.24 Å². The Hall–Kier alpha value is -0.310. The first kappa shape index (κ1) is 18.7. The maximum Gasteiger partial charge on any atom is 0.403 e. The minimum atomic E-state index is -5.23. The standard InChI is InChI=1S/C10H16F6NO3P/c1-7-2-3-17(21(18,19)20)8(4-7,5-9(11,12)13)6-10(14,15)16/h7H,2-6H2,1H3,(H2,18,19,20). The zero-order chi connectivity index (χ0) is 16.7. The van der Waals surface area contributed by atoms with Crippen molar-refractivity contribution < 1.29 is 40.7 Å². The second kappa shape index (κ2) is 5.72. The highest BCUT2D eigenvalue weighted by atomic mass is 31.2. The third-order valence-electron chi connectivity index (χ3n) is 3.48. The summed E-state index contributed by atoms with van der Waals surface area (Å²) in [5, 5.41) is 0. The van der Waals surface area contributed by atoms with Crippen LogP contribution in [0.3, 0.4) is 0 Å². The van der Waals surface area contributed by atoms with E-state index in [-0.39, 0.29) is 11.1 Å². The molecular formula is C10H16F6NO3P. The molecule has 126 valence electrons. The molecule has 1 saturated heterocycles. The molecule has 1 atom stereocenters. The summed E-state index contributed by atoms with van der Waals surface area (Å²) < 4.78 is 87.7. The highest BCUT2D eigenvalue weighted by Crippen LogP contribution is 2.56. The van der Waals surface area contributed by atoms with Crippen LogP contribution in [0.25, 0.3) is 0 Å². The summed E-state index contributed by atoms with van der Waals surface area (Å²) >= 11 is 0. The lowest BCUT2D eigenvalue weighted by Crippen LogP contribution is -2.56. The van der Waals surface area contributed by atoms with Gasteiger partial charge in [-0.05, 0) is 18.8 Å². The largest absolute Gasteiger partial charge is 0.403 e. The Morgan fingerprint density at radius 2 is 1.57 bits per heavy atom. The van der Waals surface area contributed by atoms with Gasteiger partial charge in [0.25, 0.3) is 0 Å². The lowest BCUT2D eigenvalue weighted by Gasteiger charge is -2.49. The minimum Gasteiger partial charge on any atom is -0.312 e. The molecule has 0 saturated carbocycles. The van der Waals surface area contributed by atoms with Crippen LogP contribution in [0.4, 0.5) is 26.3 Å². The zero-order valence-electron chi connectivity index (χ0n) is 11.1. The van der Waals surface area contributed by atoms with Crippen molar-refractivity contribution in [1.29, 1.82) is 0 Å². The molecule has 1 aliphatic rings. The van der Waals surface area contributed by atoms with E-state index in [1.807, 2.05) is 0 Å². The van der Waals surface area contributed by atoms with Gasteiger partial charge in [0.2, 0.25) is 0 Å². The maximum absolute atomic E-state index is 12.7. The van der Waals surface area contributed by atoms with Gasteiger partial charge >= 0.3 is 20.1 Å². The van der Waals surface area contributed by atoms with Crippen molar-refractivity contribution in [2.24, 2.45) is 5.92 Å². The highest BCUT2D eigenvalue weighted by molar-refractivity contribution is 7.49. The zero-order valence-corrected chi connectivity index (χ0v) is 12.0. The molecule has 21 heavy (non-hydrogen) atoms. The predicted octanol–water partition coefficient (Wildman–Crippen LogP) is 3.45. The van der Waals surface area contributed by atoms with E-state index in [1.165, 1.54) is 6.92 Å². The van der Waals surface area contributed by atoms with Gasteiger partial charge in [0.05, 0.1) is 12.8 Å². The Kier molecular flexibility index (Phi) is 5.10. The number of alkyl halides is 6. The Morgan fingerprint density at radius 1 is 1.14 bits per heavy atom. The van der Waals surface area contributed by atoms with Crippen molar-refractivity contribution in [1.82, 2.24) is 4.67 Å². The second-order valence-electron chi connectivity index (χ2n) is 5.54. The van der Waals surface area contributed by atoms with Crippen LogP contribution in [0.2, 0.25) is 0 Å². The van der Waals surface area contributed by atoms with Crippen LogP contribution in [-0.4, -0.2) is 38.9 Å². The third kappa shape index (κ3) is 5.43. The van der Waals surface area contributed by atoms with Crippen molar-refractivity contribution in [3.8, 4) is 0 Å². The number of nitrogens with zero attached hydrogens (tertiary/aromatic N) is 1. The molecule has 0 aromatic carbocycles. The number of rotatable bonds is 3. The Balaban J connectivity index is 3.29. The molecule has 2 N–H and O–H groups in total. The molecule has 0 spiro atoms. The van der Waals surface area contributed by atoms with Gasteiger partial charge in [-0.1, -0.05) is 6.92 Å². The topological polar surface area (TPSA) is 60.8 Å². The average Bonchev–Trinajstić information content (AvgIpc) is 2.07. The first-order chi connectivity index (χ1) is 9.15. The van der Waals surface area contributed by atoms with E-state index in [9.17, 15) is 30.9 Å². The van der Waals surface area contributed by atoms with Crippen LogP contribution in [0.15, 0.2) is 0 Å². The molecule has 1 unspecified atom stereocenters. The molecule has 0 aromatic heterocycles. The lowest BCUT2D eigenvalue weighted by atomic mass is 9.78. The summed E-state index contributed by atoms with van der Waals surface area (Å²) in [5.41, 5.74) is -2.66. The molecule has 0 aromatic rings. The number of halogens is 6. The van der Waals surface area contributed by atoms with E-state index in [4.69, 9.17) is 9.79 Å². The lowest BCUT2D eigenvalue weighted by molar-refractivity contribution is -0.200. The van der Waals surface area contributed by atoms with Crippen LogP contribution in [0.5, 0.6) is 0 Å². The molecule has 1 aliphatic heterocycles. The van der Waals surface area contributed by atoms with E-state index in [0.29, 0.717) is 0 Å². The van der Waals surface area contributed by atoms with E-state index in [1.54, 1.807) is 0 Å². The molecule has 0 aliphatic carbocycles. The van der Waals surface area contributed by atoms with Crippen molar-refractivity contribution in [2.75, 3.05) is 6.54 Å². The molecule has 4 nitrogen and oxygen atoms in total. The van der Waals surface area contributed by atoms with Crippen LogP contribution >= 0.6 is 7.75 Å². The molecule has 1 rings (SSSR count). The van der Waals surface area contributed by atoms with Crippen molar-refractivity contribution in [3.63, 3.8) is 0 Å². The molecule has 1 fully saturated rings. The summed E-state index contributed by atoms with van der Waals surface area (Å²) in [6.45, 7) is 0.968. The van der Waals surface area contributed by atoms with Crippen LogP contribution < -0.4 is 0 Å². The monoisotopic (exact) mass is 343 g/mol. The predicted molar refractivity (Wildman–Crippen MR) is 61.2 cm³/mol. The fraction of sp³-hybridized carbons (Fsp3) is 1.00. The first-order valence-electron chi connectivity index (χ1n) is 6.12. The van der Waals surface area contributed by atoms with Gasteiger partial charge in [0, 0.05) is 12.1 Å². The molecule has 0 amide bonds. The third-order valence-corrected chi connectivity index (χ3v) is 4.74. The second-order valence-corrected chi connectivity index (χ2v) is 7.05. The van der Waals surface area contributed by atoms with E-state index >= 15 is 0 Å². The maximum atomic E-state index is 12.7. The van der Waals surface area contributed by atoms with Gasteiger partial charge in [0.1, 0.15) is 0 Å². The van der Waals surface area contributed by atoms with Crippen molar-refractivity contribution in [3.05, 3.63) is 0 Å². The van der Waals surface area contributed by atoms with Crippen LogP contribution in [0, 0.1) is 5.92 Å². The van der Waals surface area contributed by atoms with Gasteiger partial charge in [-0.3, -0.25) is 0 Å². The molecule has 0 bridgehead atoms. The summed E-state index contributed by atoms with van der Waals surface area (Å²) in [6.07, 6.45) is -14.2. The van der Waals surface area contributed by atoms with E-state index in [2.05, 4.69) is 0 Å². The smallest absolute Gasteiger partial charge is 0.312 e. The van der Waals surface area contributed by atoms with Crippen molar-refractivity contribution >= 4 is 7.75 Å². The fourth-order valence-corrected chi connectivity index (χ4v) is 4.13. The SMILES string of the molecule is CC1CCN(P(=O)(O)O)C(CC(F)(F)F)(CC(F)(F)F)C1. The van der Waals surface area contributed by atoms with Gasteiger partial charge in [0.15, 0.2) is 0 Å². The van der Waals surface area contributed by atoms with Crippen LogP contribution in [0.1, 0.15) is 32.6 Å². The summed E-state index contributed by atoms with van der Waals surface area (Å²) in [4.78, 5) is 18.3. The number of hydrogen-bond donors (Lipinski definition) is 2. The fourth-order valence-electron chi connectivity index (χ4n) is 2.98. The highest BCUT2D eigenvalue weighted by Gasteiger charge is 2.57. The molecular weight excluding hydrogens is 327 g/mol.